The predicted molar refractivity (Wildman–Crippen MR) is 218 cm³/mol. The number of aryl methyl sites for hydroxylation is 1. The predicted octanol–water partition coefficient (Wildman–Crippen LogP) is 13.8. The Hall–Kier alpha value is -6.57. The monoisotopic (exact) mass is 647 g/mol. The smallest absolute Gasteiger partial charge is 0.0346 e. The van der Waals surface area contributed by atoms with Crippen molar-refractivity contribution in [3.63, 3.8) is 0 Å². The minimum absolute atomic E-state index is 1.13. The van der Waals surface area contributed by atoms with Crippen molar-refractivity contribution in [1.82, 2.24) is 4.98 Å². The van der Waals surface area contributed by atoms with E-state index in [1.165, 1.54) is 98.4 Å². The Bertz CT molecular complexity index is 2960. The molecule has 0 atom stereocenters. The van der Waals surface area contributed by atoms with Crippen LogP contribution in [0.25, 0.3) is 98.4 Å². The average Bonchev–Trinajstić information content (AvgIpc) is 3.20. The van der Waals surface area contributed by atoms with E-state index >= 15 is 0 Å². The lowest BCUT2D eigenvalue weighted by Gasteiger charge is -2.16. The van der Waals surface area contributed by atoms with Gasteiger partial charge in [-0.15, -0.1) is 0 Å². The van der Waals surface area contributed by atoms with E-state index in [9.17, 15) is 0 Å². The molecule has 0 aliphatic carbocycles. The van der Waals surface area contributed by atoms with Crippen molar-refractivity contribution in [1.29, 1.82) is 0 Å². The minimum atomic E-state index is 1.13. The van der Waals surface area contributed by atoms with Crippen LogP contribution < -0.4 is 0 Å². The first kappa shape index (κ1) is 29.4. The Kier molecular flexibility index (Phi) is 6.79. The molecular formula is C50H33N. The highest BCUT2D eigenvalue weighted by Gasteiger charge is 2.14. The van der Waals surface area contributed by atoms with Crippen LogP contribution in [-0.4, -0.2) is 4.98 Å². The van der Waals surface area contributed by atoms with E-state index < -0.39 is 0 Å². The lowest BCUT2D eigenvalue weighted by molar-refractivity contribution is 1.33. The maximum atomic E-state index is 4.29. The number of hydrogen-bond acceptors (Lipinski definition) is 1. The van der Waals surface area contributed by atoms with Crippen LogP contribution in [0.15, 0.2) is 182 Å². The summed E-state index contributed by atoms with van der Waals surface area (Å²) < 4.78 is 0. The number of pyridine rings is 1. The summed E-state index contributed by atoms with van der Waals surface area (Å²) in [5, 5.41) is 12.8. The molecule has 1 heteroatoms. The van der Waals surface area contributed by atoms with Crippen molar-refractivity contribution in [2.75, 3.05) is 0 Å². The highest BCUT2D eigenvalue weighted by atomic mass is 14.6. The van der Waals surface area contributed by atoms with Crippen molar-refractivity contribution < 1.29 is 0 Å². The Morgan fingerprint density at radius 1 is 0.333 bits per heavy atom. The summed E-state index contributed by atoms with van der Waals surface area (Å²) in [6.07, 6.45) is 3.73. The molecule has 0 fully saturated rings. The second-order valence-corrected chi connectivity index (χ2v) is 13.6. The van der Waals surface area contributed by atoms with Crippen LogP contribution in [0.3, 0.4) is 0 Å². The average molecular weight is 648 g/mol. The summed E-state index contributed by atoms with van der Waals surface area (Å²) in [6, 6.07) is 62.6. The topological polar surface area (TPSA) is 12.9 Å². The molecule has 51 heavy (non-hydrogen) atoms. The highest BCUT2D eigenvalue weighted by molar-refractivity contribution is 6.21. The quantitative estimate of drug-likeness (QED) is 0.173. The summed E-state index contributed by atoms with van der Waals surface area (Å²) in [5.41, 5.74) is 11.1. The molecule has 238 valence electrons. The minimum Gasteiger partial charge on any atom is -0.264 e. The first-order valence-corrected chi connectivity index (χ1v) is 17.6. The molecule has 0 amide bonds. The fourth-order valence-electron chi connectivity index (χ4n) is 8.08. The van der Waals surface area contributed by atoms with Crippen LogP contribution in [0, 0.1) is 6.92 Å². The van der Waals surface area contributed by atoms with Crippen molar-refractivity contribution in [3.05, 3.63) is 188 Å². The number of hydrogen-bond donors (Lipinski definition) is 0. The molecule has 0 unspecified atom stereocenters. The van der Waals surface area contributed by atoms with Crippen LogP contribution >= 0.6 is 0 Å². The zero-order chi connectivity index (χ0) is 33.9. The zero-order valence-electron chi connectivity index (χ0n) is 28.3. The normalized spacial score (nSPS) is 11.6. The van der Waals surface area contributed by atoms with Gasteiger partial charge in [-0.1, -0.05) is 146 Å². The fourth-order valence-corrected chi connectivity index (χ4v) is 8.08. The van der Waals surface area contributed by atoms with Gasteiger partial charge >= 0.3 is 0 Å². The molecule has 0 N–H and O–H groups in total. The van der Waals surface area contributed by atoms with Gasteiger partial charge in [0.05, 0.1) is 0 Å². The van der Waals surface area contributed by atoms with Gasteiger partial charge in [0.15, 0.2) is 0 Å². The standard InChI is InChI=1S/C50H33N/c1-32-6-2-7-35-17-18-37-9-4-12-47(50(37)48(32)35)46-11-3-8-36-19-24-43-30-39(25-26-45(43)49(36)46)34-15-13-33(14-16-34)38-20-21-41-29-42(23-22-40(41)28-38)44-10-5-27-51-31-44/h2-31H,1H3. The van der Waals surface area contributed by atoms with E-state index in [4.69, 9.17) is 0 Å². The van der Waals surface area contributed by atoms with Crippen molar-refractivity contribution in [2.45, 2.75) is 6.92 Å². The Morgan fingerprint density at radius 2 is 0.824 bits per heavy atom. The number of aromatic nitrogens is 1. The van der Waals surface area contributed by atoms with E-state index in [2.05, 4.69) is 176 Å². The highest BCUT2D eigenvalue weighted by Crippen LogP contribution is 2.41. The Morgan fingerprint density at radius 3 is 1.47 bits per heavy atom. The molecule has 0 spiro atoms. The van der Waals surface area contributed by atoms with Crippen LogP contribution in [0.1, 0.15) is 5.56 Å². The zero-order valence-corrected chi connectivity index (χ0v) is 28.3. The molecular weight excluding hydrogens is 615 g/mol. The molecule has 0 radical (unpaired) electrons. The second-order valence-electron chi connectivity index (χ2n) is 13.6. The van der Waals surface area contributed by atoms with Gasteiger partial charge in [0, 0.05) is 18.0 Å². The second kappa shape index (κ2) is 11.8. The number of fused-ring (bicyclic) bond motifs is 7. The maximum absolute atomic E-state index is 4.29. The first-order valence-electron chi connectivity index (χ1n) is 17.6. The van der Waals surface area contributed by atoms with Gasteiger partial charge in [0.1, 0.15) is 0 Å². The van der Waals surface area contributed by atoms with Gasteiger partial charge < -0.3 is 0 Å². The van der Waals surface area contributed by atoms with Gasteiger partial charge in [-0.3, -0.25) is 4.98 Å². The molecule has 9 aromatic carbocycles. The molecule has 0 saturated carbocycles. The van der Waals surface area contributed by atoms with Gasteiger partial charge in [-0.2, -0.15) is 0 Å². The summed E-state index contributed by atoms with van der Waals surface area (Å²) >= 11 is 0. The third kappa shape index (κ3) is 4.97. The SMILES string of the molecule is Cc1cccc2ccc3cccc(-c4cccc5ccc6cc(-c7ccc(-c8ccc9cc(-c%10cccnc%10)ccc9c8)cc7)ccc6c45)c3c12. The summed E-state index contributed by atoms with van der Waals surface area (Å²) in [4.78, 5) is 4.29. The maximum Gasteiger partial charge on any atom is 0.0346 e. The lowest BCUT2D eigenvalue weighted by atomic mass is 9.88. The van der Waals surface area contributed by atoms with E-state index in [-0.39, 0.29) is 0 Å². The third-order valence-electron chi connectivity index (χ3n) is 10.6. The Labute approximate surface area is 297 Å². The van der Waals surface area contributed by atoms with E-state index in [1.54, 1.807) is 0 Å². The van der Waals surface area contributed by atoms with Gasteiger partial charge in [0.25, 0.3) is 0 Å². The number of benzene rings is 9. The molecule has 1 heterocycles. The molecule has 10 rings (SSSR count). The van der Waals surface area contributed by atoms with Crippen molar-refractivity contribution in [2.24, 2.45) is 0 Å². The van der Waals surface area contributed by atoms with Crippen molar-refractivity contribution >= 4 is 53.9 Å². The Balaban J connectivity index is 1.03. The molecule has 10 aromatic rings. The van der Waals surface area contributed by atoms with Crippen molar-refractivity contribution in [3.8, 4) is 44.5 Å². The van der Waals surface area contributed by atoms with E-state index in [0.29, 0.717) is 0 Å². The van der Waals surface area contributed by atoms with E-state index in [1.807, 2.05) is 18.5 Å². The molecule has 1 nitrogen and oxygen atoms in total. The number of nitrogens with zero attached hydrogens (tertiary/aromatic N) is 1. The summed E-state index contributed by atoms with van der Waals surface area (Å²) in [5.74, 6) is 0. The van der Waals surface area contributed by atoms with Crippen LogP contribution in [0.4, 0.5) is 0 Å². The van der Waals surface area contributed by atoms with Crippen LogP contribution in [0.5, 0.6) is 0 Å². The van der Waals surface area contributed by atoms with Crippen LogP contribution in [0.2, 0.25) is 0 Å². The third-order valence-corrected chi connectivity index (χ3v) is 10.6. The van der Waals surface area contributed by atoms with Gasteiger partial charge in [-0.25, -0.2) is 0 Å². The molecule has 0 bridgehead atoms. The van der Waals surface area contributed by atoms with Gasteiger partial charge in [0.2, 0.25) is 0 Å². The summed E-state index contributed by atoms with van der Waals surface area (Å²) in [7, 11) is 0. The molecule has 0 aliphatic rings. The van der Waals surface area contributed by atoms with E-state index in [0.717, 1.165) is 5.56 Å². The first-order chi connectivity index (χ1) is 25.2. The molecule has 0 saturated heterocycles. The number of rotatable bonds is 4. The largest absolute Gasteiger partial charge is 0.264 e. The lowest BCUT2D eigenvalue weighted by Crippen LogP contribution is -1.89. The molecule has 1 aromatic heterocycles. The van der Waals surface area contributed by atoms with Gasteiger partial charge in [-0.05, 0) is 130 Å². The summed E-state index contributed by atoms with van der Waals surface area (Å²) in [6.45, 7) is 2.23. The fraction of sp³-hybridized carbons (Fsp3) is 0.0200. The van der Waals surface area contributed by atoms with Crippen LogP contribution in [-0.2, 0) is 0 Å². The molecule has 0 aliphatic heterocycles.